The van der Waals surface area contributed by atoms with Crippen LogP contribution < -0.4 is 9.21 Å². The van der Waals surface area contributed by atoms with Gasteiger partial charge in [-0.15, -0.1) is 11.8 Å². The van der Waals surface area contributed by atoms with Crippen molar-refractivity contribution in [3.63, 3.8) is 0 Å². The Morgan fingerprint density at radius 2 is 2.03 bits per heavy atom. The molecule has 6 heteroatoms. The smallest absolute Gasteiger partial charge is 0.260 e. The summed E-state index contributed by atoms with van der Waals surface area (Å²) in [6, 6.07) is 13.9. The van der Waals surface area contributed by atoms with Gasteiger partial charge in [-0.3, -0.25) is 9.10 Å². The highest BCUT2D eigenvalue weighted by molar-refractivity contribution is 7.99. The molecule has 2 aromatic rings. The second-order valence-corrected chi connectivity index (χ2v) is 10.4. The second-order valence-electron chi connectivity index (χ2n) is 7.87. The number of hydrogen-bond acceptors (Lipinski definition) is 3. The molecular formula is C23H28N2O2S2. The van der Waals surface area contributed by atoms with Gasteiger partial charge in [0.1, 0.15) is 11.0 Å². The van der Waals surface area contributed by atoms with Gasteiger partial charge < -0.3 is 4.90 Å². The summed E-state index contributed by atoms with van der Waals surface area (Å²) < 4.78 is 13.6. The van der Waals surface area contributed by atoms with Crippen molar-refractivity contribution >= 4 is 40.0 Å². The Morgan fingerprint density at radius 3 is 2.79 bits per heavy atom. The number of hydrogen-bond donors (Lipinski definition) is 0. The van der Waals surface area contributed by atoms with E-state index < -0.39 is 11.0 Å². The van der Waals surface area contributed by atoms with Crippen molar-refractivity contribution in [2.75, 3.05) is 34.8 Å². The molecule has 0 saturated heterocycles. The van der Waals surface area contributed by atoms with Gasteiger partial charge in [0.15, 0.2) is 0 Å². The summed E-state index contributed by atoms with van der Waals surface area (Å²) in [5.74, 6) is 2.15. The SMILES string of the molecule is CN(c1ccccc1C(=O)N1CCc2cc(SCCCC3CC3)ccc21)S(C)=O. The van der Waals surface area contributed by atoms with Gasteiger partial charge in [-0.2, -0.15) is 0 Å². The Balaban J connectivity index is 1.48. The Labute approximate surface area is 180 Å². The number of carbonyl (C=O) groups is 1. The van der Waals surface area contributed by atoms with Gasteiger partial charge in [0.2, 0.25) is 0 Å². The molecule has 0 bridgehead atoms. The molecule has 4 rings (SSSR count). The van der Waals surface area contributed by atoms with E-state index in [0.29, 0.717) is 17.8 Å². The van der Waals surface area contributed by atoms with Crippen LogP contribution in [0.5, 0.6) is 0 Å². The predicted octanol–water partition coefficient (Wildman–Crippen LogP) is 4.90. The number of benzene rings is 2. The second kappa shape index (κ2) is 8.92. The van der Waals surface area contributed by atoms with E-state index in [1.807, 2.05) is 40.9 Å². The summed E-state index contributed by atoms with van der Waals surface area (Å²) in [6.07, 6.45) is 8.03. The van der Waals surface area contributed by atoms with E-state index in [0.717, 1.165) is 18.0 Å². The van der Waals surface area contributed by atoms with Gasteiger partial charge in [-0.05, 0) is 66.8 Å². The van der Waals surface area contributed by atoms with Gasteiger partial charge >= 0.3 is 0 Å². The third-order valence-electron chi connectivity index (χ3n) is 5.77. The number of para-hydroxylation sites is 1. The van der Waals surface area contributed by atoms with Gasteiger partial charge in [-0.1, -0.05) is 25.0 Å². The highest BCUT2D eigenvalue weighted by Crippen LogP contribution is 2.36. The minimum atomic E-state index is -1.18. The van der Waals surface area contributed by atoms with E-state index in [2.05, 4.69) is 18.2 Å². The fourth-order valence-corrected chi connectivity index (χ4v) is 5.23. The van der Waals surface area contributed by atoms with E-state index in [-0.39, 0.29) is 5.91 Å². The molecule has 29 heavy (non-hydrogen) atoms. The van der Waals surface area contributed by atoms with E-state index in [9.17, 15) is 9.00 Å². The molecule has 1 heterocycles. The number of anilines is 2. The average molecular weight is 429 g/mol. The first-order valence-electron chi connectivity index (χ1n) is 10.3. The van der Waals surface area contributed by atoms with Crippen molar-refractivity contribution in [3.05, 3.63) is 53.6 Å². The standard InChI is InChI=1S/C23H28N2O2S2/c1-24(29(2)27)22-8-4-3-7-20(22)23(26)25-14-13-18-16-19(11-12-21(18)25)28-15-5-6-17-9-10-17/h3-4,7-8,11-12,16-17H,5-6,9-10,13-15H2,1-2H3. The van der Waals surface area contributed by atoms with Crippen molar-refractivity contribution in [1.29, 1.82) is 0 Å². The maximum absolute atomic E-state index is 13.3. The van der Waals surface area contributed by atoms with Crippen LogP contribution in [0.15, 0.2) is 47.4 Å². The van der Waals surface area contributed by atoms with Crippen LogP contribution in [0, 0.1) is 5.92 Å². The molecule has 2 aromatic carbocycles. The molecule has 1 amide bonds. The lowest BCUT2D eigenvalue weighted by Crippen LogP contribution is -2.31. The topological polar surface area (TPSA) is 40.6 Å². The summed E-state index contributed by atoms with van der Waals surface area (Å²) in [4.78, 5) is 16.5. The van der Waals surface area contributed by atoms with Gasteiger partial charge in [0, 0.05) is 30.4 Å². The summed E-state index contributed by atoms with van der Waals surface area (Å²) >= 11 is 1.93. The number of fused-ring (bicyclic) bond motifs is 1. The van der Waals surface area contributed by atoms with Crippen LogP contribution in [0.3, 0.4) is 0 Å². The van der Waals surface area contributed by atoms with E-state index in [1.54, 1.807) is 17.6 Å². The quantitative estimate of drug-likeness (QED) is 0.443. The Bertz CT molecular complexity index is 927. The summed E-state index contributed by atoms with van der Waals surface area (Å²) in [5, 5.41) is 0. The molecule has 1 aliphatic carbocycles. The van der Waals surface area contributed by atoms with Crippen LogP contribution in [0.25, 0.3) is 0 Å². The molecular weight excluding hydrogens is 400 g/mol. The minimum Gasteiger partial charge on any atom is -0.308 e. The third kappa shape index (κ3) is 4.69. The van der Waals surface area contributed by atoms with Crippen LogP contribution in [0.4, 0.5) is 11.4 Å². The van der Waals surface area contributed by atoms with Crippen LogP contribution in [0.2, 0.25) is 0 Å². The fraction of sp³-hybridized carbons (Fsp3) is 0.435. The van der Waals surface area contributed by atoms with E-state index >= 15 is 0 Å². The largest absolute Gasteiger partial charge is 0.308 e. The molecule has 1 atom stereocenters. The minimum absolute atomic E-state index is 0.0264. The number of thioether (sulfide) groups is 1. The maximum atomic E-state index is 13.3. The zero-order valence-electron chi connectivity index (χ0n) is 17.1. The molecule has 4 nitrogen and oxygen atoms in total. The molecule has 2 aliphatic rings. The normalized spacial score (nSPS) is 16.6. The lowest BCUT2D eigenvalue weighted by atomic mass is 10.1. The summed E-state index contributed by atoms with van der Waals surface area (Å²) in [7, 11) is 0.575. The first-order chi connectivity index (χ1) is 14.0. The van der Waals surface area contributed by atoms with Gasteiger partial charge in [0.05, 0.1) is 11.3 Å². The fourth-order valence-electron chi connectivity index (χ4n) is 3.86. The van der Waals surface area contributed by atoms with Crippen molar-refractivity contribution < 1.29 is 9.00 Å². The molecule has 1 saturated carbocycles. The summed E-state index contributed by atoms with van der Waals surface area (Å²) in [6.45, 7) is 0.692. The predicted molar refractivity (Wildman–Crippen MR) is 123 cm³/mol. The highest BCUT2D eigenvalue weighted by Gasteiger charge is 2.28. The molecule has 0 spiro atoms. The Kier molecular flexibility index (Phi) is 6.30. The van der Waals surface area contributed by atoms with Crippen molar-refractivity contribution in [2.45, 2.75) is 37.0 Å². The van der Waals surface area contributed by atoms with Crippen LogP contribution in [-0.2, 0) is 17.4 Å². The number of nitrogens with zero attached hydrogens (tertiary/aromatic N) is 2. The first-order valence-corrected chi connectivity index (χ1v) is 12.8. The zero-order chi connectivity index (χ0) is 20.4. The Hall–Kier alpha value is -1.79. The van der Waals surface area contributed by atoms with Crippen molar-refractivity contribution in [2.24, 2.45) is 5.92 Å². The third-order valence-corrected chi connectivity index (χ3v) is 7.82. The van der Waals surface area contributed by atoms with E-state index in [1.165, 1.54) is 41.9 Å². The van der Waals surface area contributed by atoms with Crippen molar-refractivity contribution in [1.82, 2.24) is 0 Å². The van der Waals surface area contributed by atoms with Gasteiger partial charge in [-0.25, -0.2) is 4.21 Å². The molecule has 0 radical (unpaired) electrons. The molecule has 0 aromatic heterocycles. The molecule has 154 valence electrons. The lowest BCUT2D eigenvalue weighted by Gasteiger charge is -2.23. The zero-order valence-corrected chi connectivity index (χ0v) is 18.7. The molecule has 1 aliphatic heterocycles. The lowest BCUT2D eigenvalue weighted by molar-refractivity contribution is 0.0990. The number of carbonyl (C=O) groups excluding carboxylic acids is 1. The Morgan fingerprint density at radius 1 is 1.24 bits per heavy atom. The molecule has 1 fully saturated rings. The number of amides is 1. The molecule has 0 N–H and O–H groups in total. The van der Waals surface area contributed by atoms with Gasteiger partial charge in [0.25, 0.3) is 5.91 Å². The molecule has 1 unspecified atom stereocenters. The van der Waals surface area contributed by atoms with E-state index in [4.69, 9.17) is 0 Å². The highest BCUT2D eigenvalue weighted by atomic mass is 32.2. The van der Waals surface area contributed by atoms with Crippen molar-refractivity contribution in [3.8, 4) is 0 Å². The van der Waals surface area contributed by atoms with Crippen LogP contribution in [0.1, 0.15) is 41.6 Å². The first kappa shape index (κ1) is 20.5. The van der Waals surface area contributed by atoms with Crippen LogP contribution in [-0.4, -0.2) is 35.7 Å². The monoisotopic (exact) mass is 428 g/mol. The number of rotatable bonds is 8. The van der Waals surface area contributed by atoms with Crippen LogP contribution >= 0.6 is 11.8 Å². The maximum Gasteiger partial charge on any atom is 0.260 e. The average Bonchev–Trinajstić information content (AvgIpc) is 3.47. The summed E-state index contributed by atoms with van der Waals surface area (Å²) in [5.41, 5.74) is 3.55.